The van der Waals surface area contributed by atoms with E-state index >= 15 is 0 Å². The number of nitrogens with one attached hydrogen (secondary N) is 3. The van der Waals surface area contributed by atoms with Gasteiger partial charge in [-0.2, -0.15) is 0 Å². The molecule has 0 fully saturated rings. The molecule has 13 heteroatoms. The van der Waals surface area contributed by atoms with Crippen LogP contribution >= 0.6 is 0 Å². The topological polar surface area (TPSA) is 165 Å². The van der Waals surface area contributed by atoms with Crippen LogP contribution in [0.2, 0.25) is 0 Å². The highest BCUT2D eigenvalue weighted by molar-refractivity contribution is 7.89. The molecular weight excluding hydrogens is 424 g/mol. The molecule has 2 rings (SSSR count). The second-order valence-electron chi connectivity index (χ2n) is 5.64. The minimum Gasteiger partial charge on any atom is -0.351 e. The molecule has 156 valence electrons. The van der Waals surface area contributed by atoms with Crippen molar-refractivity contribution in [3.8, 4) is 0 Å². The van der Waals surface area contributed by atoms with E-state index < -0.39 is 30.9 Å². The second kappa shape index (κ2) is 9.09. The molecule has 0 aliphatic carbocycles. The molecule has 0 heterocycles. The Morgan fingerprint density at radius 2 is 1.62 bits per heavy atom. The van der Waals surface area contributed by atoms with Crippen molar-refractivity contribution in [1.82, 2.24) is 14.8 Å². The van der Waals surface area contributed by atoms with Gasteiger partial charge in [-0.15, -0.1) is 0 Å². The summed E-state index contributed by atoms with van der Waals surface area (Å²) in [5.74, 6) is -0.520. The van der Waals surface area contributed by atoms with Gasteiger partial charge in [0.1, 0.15) is 0 Å². The van der Waals surface area contributed by atoms with Crippen LogP contribution in [0.3, 0.4) is 0 Å². The zero-order chi connectivity index (χ0) is 21.7. The lowest BCUT2D eigenvalue weighted by Gasteiger charge is -2.09. The maximum Gasteiger partial charge on any atom is 0.270 e. The lowest BCUT2D eigenvalue weighted by Crippen LogP contribution is -2.34. The van der Waals surface area contributed by atoms with E-state index in [1.165, 1.54) is 49.5 Å². The van der Waals surface area contributed by atoms with Crippen LogP contribution < -0.4 is 14.8 Å². The Bertz CT molecular complexity index is 1110. The third kappa shape index (κ3) is 5.80. The van der Waals surface area contributed by atoms with Gasteiger partial charge >= 0.3 is 0 Å². The molecule has 0 spiro atoms. The van der Waals surface area contributed by atoms with E-state index in [1.807, 2.05) is 0 Å². The largest absolute Gasteiger partial charge is 0.351 e. The molecule has 1 amide bonds. The molecule has 11 nitrogen and oxygen atoms in total. The third-order valence-corrected chi connectivity index (χ3v) is 6.63. The molecule has 0 bridgehead atoms. The van der Waals surface area contributed by atoms with Crippen LogP contribution in [-0.4, -0.2) is 47.8 Å². The standard InChI is InChI=1S/C16H18N4O7S2/c1-17-28(24,25)14-7-5-12(6-8-14)16(21)18-9-10-19-29(26,27)15-4-2-3-13(11-15)20(22)23/h2-8,11,17,19H,9-10H2,1H3,(H,18,21). The molecule has 2 aromatic carbocycles. The molecule has 0 aromatic heterocycles. The van der Waals surface area contributed by atoms with Gasteiger partial charge in [-0.1, -0.05) is 6.07 Å². The fraction of sp³-hybridized carbons (Fsp3) is 0.188. The van der Waals surface area contributed by atoms with Crippen LogP contribution in [0, 0.1) is 10.1 Å². The number of benzene rings is 2. The van der Waals surface area contributed by atoms with Gasteiger partial charge in [0, 0.05) is 30.8 Å². The number of nitrogens with zero attached hydrogens (tertiary/aromatic N) is 1. The van der Waals surface area contributed by atoms with E-state index in [2.05, 4.69) is 14.8 Å². The van der Waals surface area contributed by atoms with E-state index in [-0.39, 0.29) is 34.1 Å². The first kappa shape index (κ1) is 22.4. The molecule has 0 saturated carbocycles. The van der Waals surface area contributed by atoms with Crippen molar-refractivity contribution in [2.45, 2.75) is 9.79 Å². The first-order valence-electron chi connectivity index (χ1n) is 8.13. The highest BCUT2D eigenvalue weighted by Crippen LogP contribution is 2.17. The van der Waals surface area contributed by atoms with Crippen LogP contribution in [-0.2, 0) is 20.0 Å². The van der Waals surface area contributed by atoms with E-state index in [0.717, 1.165) is 6.07 Å². The van der Waals surface area contributed by atoms with Gasteiger partial charge in [0.2, 0.25) is 20.0 Å². The van der Waals surface area contributed by atoms with Crippen molar-refractivity contribution in [2.24, 2.45) is 0 Å². The van der Waals surface area contributed by atoms with Gasteiger partial charge in [-0.05, 0) is 37.4 Å². The predicted molar refractivity (Wildman–Crippen MR) is 103 cm³/mol. The Balaban J connectivity index is 1.92. The Morgan fingerprint density at radius 1 is 0.966 bits per heavy atom. The van der Waals surface area contributed by atoms with Crippen LogP contribution in [0.15, 0.2) is 58.3 Å². The summed E-state index contributed by atoms with van der Waals surface area (Å²) < 4.78 is 52.0. The number of carbonyl (C=O) groups excluding carboxylic acids is 1. The van der Waals surface area contributed by atoms with Crippen molar-refractivity contribution in [2.75, 3.05) is 20.1 Å². The Morgan fingerprint density at radius 3 is 2.21 bits per heavy atom. The SMILES string of the molecule is CNS(=O)(=O)c1ccc(C(=O)NCCNS(=O)(=O)c2cccc([N+](=O)[O-])c2)cc1. The summed E-state index contributed by atoms with van der Waals surface area (Å²) in [4.78, 5) is 21.8. The number of nitro benzene ring substituents is 1. The molecular formula is C16H18N4O7S2. The zero-order valence-corrected chi connectivity index (χ0v) is 16.8. The summed E-state index contributed by atoms with van der Waals surface area (Å²) in [6, 6.07) is 9.77. The van der Waals surface area contributed by atoms with Crippen molar-refractivity contribution in [1.29, 1.82) is 0 Å². The lowest BCUT2D eigenvalue weighted by atomic mass is 10.2. The van der Waals surface area contributed by atoms with E-state index in [1.54, 1.807) is 0 Å². The van der Waals surface area contributed by atoms with Gasteiger partial charge in [-0.3, -0.25) is 14.9 Å². The normalized spacial score (nSPS) is 11.8. The Hall–Kier alpha value is -2.87. The number of non-ortho nitro benzene ring substituents is 1. The molecule has 29 heavy (non-hydrogen) atoms. The second-order valence-corrected chi connectivity index (χ2v) is 9.29. The monoisotopic (exact) mass is 442 g/mol. The van der Waals surface area contributed by atoms with Crippen molar-refractivity contribution < 1.29 is 26.6 Å². The zero-order valence-electron chi connectivity index (χ0n) is 15.2. The Labute approximate surface area is 167 Å². The fourth-order valence-corrected chi connectivity index (χ4v) is 4.02. The average Bonchev–Trinajstić information content (AvgIpc) is 2.71. The molecule has 0 unspecified atom stereocenters. The maximum absolute atomic E-state index is 12.2. The summed E-state index contributed by atoms with van der Waals surface area (Å²) in [5, 5.41) is 13.2. The van der Waals surface area contributed by atoms with E-state index in [0.29, 0.717) is 0 Å². The maximum atomic E-state index is 12.2. The number of nitro groups is 1. The number of amides is 1. The first-order chi connectivity index (χ1) is 13.6. The molecule has 2 aromatic rings. The van der Waals surface area contributed by atoms with Crippen LogP contribution in [0.1, 0.15) is 10.4 Å². The summed E-state index contributed by atoms with van der Waals surface area (Å²) in [5.41, 5.74) is -0.161. The number of hydrogen-bond donors (Lipinski definition) is 3. The molecule has 0 atom stereocenters. The predicted octanol–water partition coefficient (Wildman–Crippen LogP) is 0.211. The highest BCUT2D eigenvalue weighted by atomic mass is 32.2. The number of sulfonamides is 2. The number of rotatable bonds is 9. The van der Waals surface area contributed by atoms with Crippen molar-refractivity contribution in [3.63, 3.8) is 0 Å². The molecule has 0 aliphatic rings. The van der Waals surface area contributed by atoms with Crippen molar-refractivity contribution in [3.05, 3.63) is 64.2 Å². The molecule has 0 aliphatic heterocycles. The average molecular weight is 442 g/mol. The fourth-order valence-electron chi connectivity index (χ4n) is 2.21. The van der Waals surface area contributed by atoms with Crippen LogP contribution in [0.25, 0.3) is 0 Å². The summed E-state index contributed by atoms with van der Waals surface area (Å²) in [6.07, 6.45) is 0. The Kier molecular flexibility index (Phi) is 7.02. The van der Waals surface area contributed by atoms with Crippen LogP contribution in [0.4, 0.5) is 5.69 Å². The van der Waals surface area contributed by atoms with E-state index in [9.17, 15) is 31.7 Å². The van der Waals surface area contributed by atoms with E-state index in [4.69, 9.17) is 0 Å². The lowest BCUT2D eigenvalue weighted by molar-refractivity contribution is -0.385. The van der Waals surface area contributed by atoms with Gasteiger partial charge in [0.25, 0.3) is 11.6 Å². The van der Waals surface area contributed by atoms with Gasteiger partial charge in [-0.25, -0.2) is 26.3 Å². The highest BCUT2D eigenvalue weighted by Gasteiger charge is 2.17. The molecule has 3 N–H and O–H groups in total. The smallest absolute Gasteiger partial charge is 0.270 e. The number of carbonyl (C=O) groups is 1. The van der Waals surface area contributed by atoms with Crippen molar-refractivity contribution >= 4 is 31.6 Å². The number of hydrogen-bond acceptors (Lipinski definition) is 7. The summed E-state index contributed by atoms with van der Waals surface area (Å²) in [6.45, 7) is -0.202. The van der Waals surface area contributed by atoms with Gasteiger partial charge in [0.05, 0.1) is 14.7 Å². The quantitative estimate of drug-likeness (QED) is 0.284. The first-order valence-corrected chi connectivity index (χ1v) is 11.1. The molecule has 0 saturated heterocycles. The third-order valence-electron chi connectivity index (χ3n) is 3.74. The minimum absolute atomic E-state index is 0.00117. The summed E-state index contributed by atoms with van der Waals surface area (Å²) in [7, 11) is -6.33. The van der Waals surface area contributed by atoms with Gasteiger partial charge in [0.15, 0.2) is 0 Å². The summed E-state index contributed by atoms with van der Waals surface area (Å²) >= 11 is 0. The molecule has 0 radical (unpaired) electrons. The van der Waals surface area contributed by atoms with Crippen LogP contribution in [0.5, 0.6) is 0 Å². The van der Waals surface area contributed by atoms with Gasteiger partial charge < -0.3 is 5.32 Å². The minimum atomic E-state index is -3.98.